The van der Waals surface area contributed by atoms with Crippen molar-refractivity contribution in [3.8, 4) is 17.6 Å². The highest BCUT2D eigenvalue weighted by Gasteiger charge is 2.16. The first-order chi connectivity index (χ1) is 17.0. The van der Waals surface area contributed by atoms with Gasteiger partial charge in [0, 0.05) is 24.4 Å². The number of methoxy groups -OCH3 is 2. The number of ether oxygens (including phenoxy) is 2. The minimum atomic E-state index is -0.570. The van der Waals surface area contributed by atoms with Crippen LogP contribution in [0.3, 0.4) is 0 Å². The van der Waals surface area contributed by atoms with Crippen molar-refractivity contribution < 1.29 is 14.3 Å². The first-order valence-corrected chi connectivity index (χ1v) is 11.3. The molecule has 0 saturated heterocycles. The summed E-state index contributed by atoms with van der Waals surface area (Å²) in [5.41, 5.74) is 1.08. The van der Waals surface area contributed by atoms with Gasteiger partial charge in [0.2, 0.25) is 0 Å². The van der Waals surface area contributed by atoms with Gasteiger partial charge in [-0.05, 0) is 36.8 Å². The van der Waals surface area contributed by atoms with Crippen LogP contribution in [0, 0.1) is 11.3 Å². The molecule has 3 aromatic heterocycles. The van der Waals surface area contributed by atoms with E-state index >= 15 is 0 Å². The summed E-state index contributed by atoms with van der Waals surface area (Å²) in [7, 11) is 2.99. The van der Waals surface area contributed by atoms with E-state index < -0.39 is 5.91 Å². The van der Waals surface area contributed by atoms with Gasteiger partial charge in [-0.1, -0.05) is 25.8 Å². The fourth-order valence-electron chi connectivity index (χ4n) is 3.90. The number of fused-ring (bicyclic) bond motifs is 2. The van der Waals surface area contributed by atoms with E-state index in [1.54, 1.807) is 47.2 Å². The molecule has 9 nitrogen and oxygen atoms in total. The average molecular weight is 472 g/mol. The summed E-state index contributed by atoms with van der Waals surface area (Å²) in [4.78, 5) is 35.5. The molecule has 0 aliphatic heterocycles. The summed E-state index contributed by atoms with van der Waals surface area (Å²) in [5.74, 6) is 0.317. The Bertz CT molecular complexity index is 1570. The lowest BCUT2D eigenvalue weighted by atomic mass is 10.1. The Morgan fingerprint density at radius 3 is 2.51 bits per heavy atom. The molecule has 1 aromatic carbocycles. The van der Waals surface area contributed by atoms with E-state index in [-0.39, 0.29) is 27.6 Å². The zero-order valence-electron chi connectivity index (χ0n) is 19.8. The molecular formula is C26H25N5O4. The minimum absolute atomic E-state index is 0.118. The van der Waals surface area contributed by atoms with Crippen LogP contribution in [-0.4, -0.2) is 34.1 Å². The molecule has 9 heteroatoms. The van der Waals surface area contributed by atoms with Crippen LogP contribution in [-0.2, 0) is 6.54 Å². The van der Waals surface area contributed by atoms with Crippen molar-refractivity contribution in [3.63, 3.8) is 0 Å². The van der Waals surface area contributed by atoms with Crippen LogP contribution in [0.5, 0.6) is 11.5 Å². The number of unbranched alkanes of at least 4 members (excludes halogenated alkanes) is 2. The van der Waals surface area contributed by atoms with Gasteiger partial charge < -0.3 is 14.0 Å². The summed E-state index contributed by atoms with van der Waals surface area (Å²) in [6.45, 7) is 2.53. The van der Waals surface area contributed by atoms with Gasteiger partial charge in [-0.15, -0.1) is 0 Å². The van der Waals surface area contributed by atoms with Gasteiger partial charge in [0.1, 0.15) is 28.9 Å². The lowest BCUT2D eigenvalue weighted by Crippen LogP contribution is -2.29. The number of carbonyl (C=O) groups is 1. The molecule has 0 spiro atoms. The quantitative estimate of drug-likeness (QED) is 0.301. The van der Waals surface area contributed by atoms with E-state index in [1.807, 2.05) is 0 Å². The Hall–Kier alpha value is -4.45. The van der Waals surface area contributed by atoms with Crippen molar-refractivity contribution in [1.82, 2.24) is 14.0 Å². The molecule has 1 amide bonds. The smallest absolute Gasteiger partial charge is 0.279 e. The highest BCUT2D eigenvalue weighted by molar-refractivity contribution is 5.96. The molecule has 0 saturated carbocycles. The number of aryl methyl sites for hydroxylation is 1. The van der Waals surface area contributed by atoms with Crippen LogP contribution in [0.15, 0.2) is 58.4 Å². The third kappa shape index (κ3) is 4.64. The summed E-state index contributed by atoms with van der Waals surface area (Å²) in [6, 6.07) is 13.6. The molecule has 0 atom stereocenters. The van der Waals surface area contributed by atoms with E-state index in [9.17, 15) is 14.9 Å². The second kappa shape index (κ2) is 10.2. The molecule has 0 radical (unpaired) electrons. The van der Waals surface area contributed by atoms with Crippen LogP contribution in [0.1, 0.15) is 42.1 Å². The molecule has 4 aromatic rings. The number of hydrogen-bond donors (Lipinski definition) is 0. The molecule has 0 aliphatic rings. The van der Waals surface area contributed by atoms with Gasteiger partial charge >= 0.3 is 0 Å². The van der Waals surface area contributed by atoms with Crippen LogP contribution < -0.4 is 20.5 Å². The predicted octanol–water partition coefficient (Wildman–Crippen LogP) is 3.47. The van der Waals surface area contributed by atoms with E-state index in [4.69, 9.17) is 14.5 Å². The Balaban J connectivity index is 2.02. The number of carbonyl (C=O) groups excluding carboxylic acids is 1. The highest BCUT2D eigenvalue weighted by atomic mass is 16.5. The predicted molar refractivity (Wildman–Crippen MR) is 131 cm³/mol. The standard InChI is InChI=1S/C26H25N5O4/c1-4-5-7-11-31-23(29-25(32)17-12-19(34-2)15-20(13-17)35-3)18(16-27)14-21-24(31)28-22-9-6-8-10-30(22)26(21)33/h6,8-10,12-15H,4-5,7,11H2,1-3H3. The van der Waals surface area contributed by atoms with Crippen LogP contribution >= 0.6 is 0 Å². The van der Waals surface area contributed by atoms with Crippen LogP contribution in [0.4, 0.5) is 0 Å². The van der Waals surface area contributed by atoms with Crippen molar-refractivity contribution in [3.05, 3.63) is 75.6 Å². The van der Waals surface area contributed by atoms with Crippen LogP contribution in [0.25, 0.3) is 16.7 Å². The zero-order chi connectivity index (χ0) is 24.9. The van der Waals surface area contributed by atoms with Crippen molar-refractivity contribution in [1.29, 1.82) is 5.26 Å². The van der Waals surface area contributed by atoms with E-state index in [0.29, 0.717) is 29.3 Å². The average Bonchev–Trinajstić information content (AvgIpc) is 2.89. The third-order valence-electron chi connectivity index (χ3n) is 5.70. The van der Waals surface area contributed by atoms with Gasteiger partial charge in [0.15, 0.2) is 5.49 Å². The Morgan fingerprint density at radius 2 is 1.86 bits per heavy atom. The van der Waals surface area contributed by atoms with Crippen LogP contribution in [0.2, 0.25) is 0 Å². The van der Waals surface area contributed by atoms with E-state index in [2.05, 4.69) is 18.0 Å². The number of benzene rings is 1. The molecule has 4 rings (SSSR count). The lowest BCUT2D eigenvalue weighted by molar-refractivity contribution is 0.0996. The molecule has 3 heterocycles. The van der Waals surface area contributed by atoms with Crippen molar-refractivity contribution in [2.75, 3.05) is 14.2 Å². The monoisotopic (exact) mass is 471 g/mol. The minimum Gasteiger partial charge on any atom is -0.497 e. The molecule has 0 N–H and O–H groups in total. The maximum atomic E-state index is 13.2. The Morgan fingerprint density at radius 1 is 1.11 bits per heavy atom. The Kier molecular flexibility index (Phi) is 6.92. The fraction of sp³-hybridized carbons (Fsp3) is 0.269. The maximum absolute atomic E-state index is 13.2. The number of amides is 1. The summed E-state index contributed by atoms with van der Waals surface area (Å²) in [6.07, 6.45) is 4.31. The summed E-state index contributed by atoms with van der Waals surface area (Å²) in [5, 5.41) is 10.2. The number of pyridine rings is 2. The maximum Gasteiger partial charge on any atom is 0.279 e. The van der Waals surface area contributed by atoms with E-state index in [0.717, 1.165) is 19.3 Å². The van der Waals surface area contributed by atoms with Crippen molar-refractivity contribution in [2.24, 2.45) is 4.99 Å². The third-order valence-corrected chi connectivity index (χ3v) is 5.70. The zero-order valence-corrected chi connectivity index (χ0v) is 19.8. The first kappa shape index (κ1) is 23.7. The van der Waals surface area contributed by atoms with Gasteiger partial charge in [0.25, 0.3) is 11.5 Å². The Labute approximate surface area is 201 Å². The SMILES string of the molecule is CCCCCn1c(=NC(=O)c2cc(OC)cc(OC)c2)c(C#N)cc2c(=O)n3ccccc3nc21. The molecule has 178 valence electrons. The second-order valence-corrected chi connectivity index (χ2v) is 7.95. The fourth-order valence-corrected chi connectivity index (χ4v) is 3.90. The lowest BCUT2D eigenvalue weighted by Gasteiger charge is -2.13. The van der Waals surface area contributed by atoms with Crippen molar-refractivity contribution >= 4 is 22.6 Å². The number of hydrogen-bond acceptors (Lipinski definition) is 6. The normalized spacial score (nSPS) is 11.5. The molecular weight excluding hydrogens is 446 g/mol. The summed E-state index contributed by atoms with van der Waals surface area (Å²) >= 11 is 0. The first-order valence-electron chi connectivity index (χ1n) is 11.3. The topological polar surface area (TPSA) is 111 Å². The van der Waals surface area contributed by atoms with Gasteiger partial charge in [-0.2, -0.15) is 10.3 Å². The molecule has 0 aliphatic carbocycles. The van der Waals surface area contributed by atoms with Gasteiger partial charge in [-0.25, -0.2) is 4.98 Å². The second-order valence-electron chi connectivity index (χ2n) is 7.95. The van der Waals surface area contributed by atoms with Gasteiger partial charge in [0.05, 0.1) is 25.2 Å². The number of rotatable bonds is 7. The molecule has 0 bridgehead atoms. The number of aromatic nitrogens is 3. The molecule has 0 fully saturated rings. The highest BCUT2D eigenvalue weighted by Crippen LogP contribution is 2.23. The number of nitrogens with zero attached hydrogens (tertiary/aromatic N) is 5. The molecule has 35 heavy (non-hydrogen) atoms. The van der Waals surface area contributed by atoms with Gasteiger partial charge in [-0.3, -0.25) is 14.0 Å². The number of nitriles is 1. The summed E-state index contributed by atoms with van der Waals surface area (Å²) < 4.78 is 13.7. The van der Waals surface area contributed by atoms with Crippen molar-refractivity contribution in [2.45, 2.75) is 32.7 Å². The van der Waals surface area contributed by atoms with E-state index in [1.165, 1.54) is 24.7 Å². The largest absolute Gasteiger partial charge is 0.497 e. The molecule has 0 unspecified atom stereocenters.